The lowest BCUT2D eigenvalue weighted by Gasteiger charge is -2.12. The normalized spacial score (nSPS) is 11.1. The maximum Gasteiger partial charge on any atom is 0.156 e. The highest BCUT2D eigenvalue weighted by molar-refractivity contribution is 6.37. The summed E-state index contributed by atoms with van der Waals surface area (Å²) in [6, 6.07) is 9.41. The predicted molar refractivity (Wildman–Crippen MR) is 106 cm³/mol. The Bertz CT molecular complexity index is 920. The highest BCUT2D eigenvalue weighted by Gasteiger charge is 2.09. The fraction of sp³-hybridized carbons (Fsp3) is 0.211. The summed E-state index contributed by atoms with van der Waals surface area (Å²) < 4.78 is 12.9. The maximum atomic E-state index is 6.29. The summed E-state index contributed by atoms with van der Waals surface area (Å²) in [5.41, 5.74) is 3.14. The third-order valence-electron chi connectivity index (χ3n) is 3.84. The fourth-order valence-electron chi connectivity index (χ4n) is 2.29. The molecule has 1 heterocycles. The zero-order valence-corrected chi connectivity index (χ0v) is 16.4. The monoisotopic (exact) mass is 404 g/mol. The Morgan fingerprint density at radius 1 is 0.963 bits per heavy atom. The van der Waals surface area contributed by atoms with E-state index in [9.17, 15) is 0 Å². The Morgan fingerprint density at radius 2 is 1.63 bits per heavy atom. The number of aryl methyl sites for hydroxylation is 2. The molecule has 0 spiro atoms. The van der Waals surface area contributed by atoms with Crippen molar-refractivity contribution in [1.29, 1.82) is 0 Å². The number of ether oxygens (including phenoxy) is 2. The van der Waals surface area contributed by atoms with Crippen LogP contribution in [-0.2, 0) is 0 Å². The van der Waals surface area contributed by atoms with Gasteiger partial charge in [-0.1, -0.05) is 29.3 Å². The first-order chi connectivity index (χ1) is 13.0. The van der Waals surface area contributed by atoms with E-state index in [1.165, 1.54) is 28.5 Å². The Kier molecular flexibility index (Phi) is 6.32. The van der Waals surface area contributed by atoms with E-state index in [2.05, 4.69) is 22.2 Å². The second-order valence-electron chi connectivity index (χ2n) is 5.84. The lowest BCUT2D eigenvalue weighted by atomic mass is 10.1. The molecule has 8 heteroatoms. The molecule has 0 atom stereocenters. The Morgan fingerprint density at radius 3 is 2.30 bits per heavy atom. The second kappa shape index (κ2) is 8.88. The van der Waals surface area contributed by atoms with Crippen molar-refractivity contribution < 1.29 is 9.47 Å². The average molecular weight is 405 g/mol. The van der Waals surface area contributed by atoms with Crippen molar-refractivity contribution >= 4 is 29.4 Å². The summed E-state index contributed by atoms with van der Waals surface area (Å²) in [5.74, 6) is 1.22. The average Bonchev–Trinajstić information content (AvgIpc) is 3.15. The van der Waals surface area contributed by atoms with E-state index in [-0.39, 0.29) is 0 Å². The molecule has 0 radical (unpaired) electrons. The standard InChI is InChI=1S/C19H18Cl2N4O2/c1-13-3-4-16(7-14(13)2)26-5-6-27-19-17(20)8-15(9-18(19)21)10-24-25-11-22-23-12-25/h3-4,7-12H,5-6H2,1-2H3. The van der Waals surface area contributed by atoms with Crippen LogP contribution in [0.1, 0.15) is 16.7 Å². The SMILES string of the molecule is Cc1ccc(OCCOc2c(Cl)cc(C=Nn3cnnc3)cc2Cl)cc1C. The minimum absolute atomic E-state index is 0.320. The molecule has 1 aromatic heterocycles. The second-order valence-corrected chi connectivity index (χ2v) is 6.66. The number of hydrogen-bond donors (Lipinski definition) is 0. The van der Waals surface area contributed by atoms with Gasteiger partial charge in [-0.3, -0.25) is 0 Å². The van der Waals surface area contributed by atoms with Crippen molar-refractivity contribution in [2.45, 2.75) is 13.8 Å². The van der Waals surface area contributed by atoms with E-state index < -0.39 is 0 Å². The predicted octanol–water partition coefficient (Wildman–Crippen LogP) is 4.54. The van der Waals surface area contributed by atoms with Crippen molar-refractivity contribution in [1.82, 2.24) is 14.9 Å². The first-order valence-corrected chi connectivity index (χ1v) is 8.99. The van der Waals surface area contributed by atoms with Gasteiger partial charge < -0.3 is 9.47 Å². The summed E-state index contributed by atoms with van der Waals surface area (Å²) in [6.07, 6.45) is 4.56. The Labute approximate surface area is 167 Å². The van der Waals surface area contributed by atoms with Crippen LogP contribution < -0.4 is 9.47 Å². The van der Waals surface area contributed by atoms with E-state index in [1.54, 1.807) is 18.3 Å². The molecule has 0 N–H and O–H groups in total. The van der Waals surface area contributed by atoms with Gasteiger partial charge in [-0.25, -0.2) is 4.68 Å². The smallest absolute Gasteiger partial charge is 0.156 e. The van der Waals surface area contributed by atoms with Crippen molar-refractivity contribution in [3.63, 3.8) is 0 Å². The van der Waals surface area contributed by atoms with Crippen LogP contribution in [0.4, 0.5) is 0 Å². The quantitative estimate of drug-likeness (QED) is 0.428. The van der Waals surface area contributed by atoms with Crippen LogP contribution in [0.25, 0.3) is 0 Å². The van der Waals surface area contributed by atoms with E-state index in [1.807, 2.05) is 25.1 Å². The highest BCUT2D eigenvalue weighted by Crippen LogP contribution is 2.33. The molecule has 0 saturated carbocycles. The summed E-state index contributed by atoms with van der Waals surface area (Å²) in [6.45, 7) is 4.81. The van der Waals surface area contributed by atoms with Gasteiger partial charge in [0.05, 0.1) is 16.3 Å². The van der Waals surface area contributed by atoms with Gasteiger partial charge in [0, 0.05) is 0 Å². The molecule has 0 amide bonds. The molecule has 140 valence electrons. The van der Waals surface area contributed by atoms with Crippen LogP contribution in [0.3, 0.4) is 0 Å². The van der Waals surface area contributed by atoms with Crippen LogP contribution in [-0.4, -0.2) is 34.3 Å². The molecule has 6 nitrogen and oxygen atoms in total. The van der Waals surface area contributed by atoms with Crippen LogP contribution in [0.5, 0.6) is 11.5 Å². The molecule has 2 aromatic carbocycles. The Balaban J connectivity index is 1.57. The van der Waals surface area contributed by atoms with Crippen molar-refractivity contribution in [3.05, 3.63) is 69.7 Å². The van der Waals surface area contributed by atoms with Gasteiger partial charge in [-0.15, -0.1) is 10.2 Å². The van der Waals surface area contributed by atoms with E-state index in [4.69, 9.17) is 32.7 Å². The zero-order valence-electron chi connectivity index (χ0n) is 14.9. The van der Waals surface area contributed by atoms with E-state index in [0.29, 0.717) is 29.0 Å². The largest absolute Gasteiger partial charge is 0.490 e. The highest BCUT2D eigenvalue weighted by atomic mass is 35.5. The number of halogens is 2. The molecule has 0 bridgehead atoms. The fourth-order valence-corrected chi connectivity index (χ4v) is 2.90. The number of rotatable bonds is 7. The molecule has 3 rings (SSSR count). The minimum atomic E-state index is 0.320. The number of hydrogen-bond acceptors (Lipinski definition) is 5. The van der Waals surface area contributed by atoms with Crippen LogP contribution >= 0.6 is 23.2 Å². The molecular formula is C19H18Cl2N4O2. The topological polar surface area (TPSA) is 61.5 Å². The van der Waals surface area contributed by atoms with E-state index >= 15 is 0 Å². The van der Waals surface area contributed by atoms with Gasteiger partial charge in [0.15, 0.2) is 5.75 Å². The van der Waals surface area contributed by atoms with E-state index in [0.717, 1.165) is 11.3 Å². The summed E-state index contributed by atoms with van der Waals surface area (Å²) in [7, 11) is 0. The van der Waals surface area contributed by atoms with Gasteiger partial charge in [0.2, 0.25) is 0 Å². The molecule has 0 aliphatic rings. The van der Waals surface area contributed by atoms with Crippen LogP contribution in [0.15, 0.2) is 48.1 Å². The van der Waals surface area contributed by atoms with Crippen LogP contribution in [0.2, 0.25) is 10.0 Å². The number of nitrogens with zero attached hydrogens (tertiary/aromatic N) is 4. The molecule has 0 unspecified atom stereocenters. The lowest BCUT2D eigenvalue weighted by Crippen LogP contribution is -2.09. The lowest BCUT2D eigenvalue weighted by molar-refractivity contribution is 0.217. The molecular weight excluding hydrogens is 387 g/mol. The molecule has 27 heavy (non-hydrogen) atoms. The van der Waals surface area contributed by atoms with Gasteiger partial charge in [-0.2, -0.15) is 5.10 Å². The van der Waals surface area contributed by atoms with Gasteiger partial charge >= 0.3 is 0 Å². The summed E-state index contributed by atoms with van der Waals surface area (Å²) in [5, 5.41) is 12.3. The van der Waals surface area contributed by atoms with Gasteiger partial charge in [0.1, 0.15) is 31.6 Å². The molecule has 3 aromatic rings. The number of aromatic nitrogens is 3. The van der Waals surface area contributed by atoms with Crippen molar-refractivity contribution in [2.24, 2.45) is 5.10 Å². The third kappa shape index (κ3) is 5.21. The molecule has 0 aliphatic carbocycles. The van der Waals surface area contributed by atoms with Gasteiger partial charge in [-0.05, 0) is 54.8 Å². The zero-order chi connectivity index (χ0) is 19.2. The minimum Gasteiger partial charge on any atom is -0.490 e. The first kappa shape index (κ1) is 19.2. The van der Waals surface area contributed by atoms with Crippen molar-refractivity contribution in [2.75, 3.05) is 13.2 Å². The Hall–Kier alpha value is -2.57. The maximum absolute atomic E-state index is 6.29. The van der Waals surface area contributed by atoms with Gasteiger partial charge in [0.25, 0.3) is 0 Å². The summed E-state index contributed by atoms with van der Waals surface area (Å²) >= 11 is 12.6. The first-order valence-electron chi connectivity index (χ1n) is 8.24. The number of benzene rings is 2. The van der Waals surface area contributed by atoms with Crippen molar-refractivity contribution in [3.8, 4) is 11.5 Å². The molecule has 0 saturated heterocycles. The van der Waals surface area contributed by atoms with Crippen LogP contribution in [0, 0.1) is 13.8 Å². The third-order valence-corrected chi connectivity index (χ3v) is 4.41. The summed E-state index contributed by atoms with van der Waals surface area (Å²) in [4.78, 5) is 0. The molecule has 0 aliphatic heterocycles. The molecule has 0 fully saturated rings.